The molecule has 1 aromatic rings. The largest absolute Gasteiger partial charge is 0.357 e. The Kier molecular flexibility index (Phi) is 6.39. The second-order valence-electron chi connectivity index (χ2n) is 9.28. The molecular formula is C24H32N4O3. The normalized spacial score (nSPS) is 24.1. The zero-order valence-electron chi connectivity index (χ0n) is 18.4. The Bertz CT molecular complexity index is 832. The lowest BCUT2D eigenvalue weighted by Crippen LogP contribution is -2.50. The van der Waals surface area contributed by atoms with Gasteiger partial charge in [0.05, 0.1) is 11.8 Å². The number of nitrogens with one attached hydrogen (secondary N) is 1. The first kappa shape index (κ1) is 21.5. The van der Waals surface area contributed by atoms with Crippen LogP contribution in [0.4, 0.5) is 5.82 Å². The van der Waals surface area contributed by atoms with Crippen LogP contribution in [-0.4, -0.2) is 46.7 Å². The number of amides is 3. The standard InChI is InChI=1S/C24H32N4O3/c1-16(2)13-20(28-23(30)18-7-3-4-8-19(18)24(28)31)22(29)26-15-17-9-10-21(25-14-17)27-11-5-6-12-27/h3-4,9-10,14,16,18-20H,5-8,11-13,15H2,1-2H3,(H,26,29). The Morgan fingerprint density at radius 2 is 1.74 bits per heavy atom. The van der Waals surface area contributed by atoms with Crippen molar-refractivity contribution in [2.45, 2.75) is 58.5 Å². The van der Waals surface area contributed by atoms with Crippen molar-refractivity contribution in [2.24, 2.45) is 17.8 Å². The number of anilines is 1. The Morgan fingerprint density at radius 3 is 2.29 bits per heavy atom. The number of carbonyl (C=O) groups excluding carboxylic acids is 3. The first-order chi connectivity index (χ1) is 15.0. The van der Waals surface area contributed by atoms with Crippen molar-refractivity contribution in [2.75, 3.05) is 18.0 Å². The topological polar surface area (TPSA) is 82.6 Å². The van der Waals surface area contributed by atoms with Crippen LogP contribution < -0.4 is 10.2 Å². The monoisotopic (exact) mass is 424 g/mol. The molecule has 3 unspecified atom stereocenters. The molecule has 3 atom stereocenters. The third-order valence-electron chi connectivity index (χ3n) is 6.56. The highest BCUT2D eigenvalue weighted by atomic mass is 16.2. The Labute approximate surface area is 183 Å². The molecule has 1 aromatic heterocycles. The highest BCUT2D eigenvalue weighted by molar-refractivity contribution is 6.08. The molecule has 1 N–H and O–H groups in total. The number of pyridine rings is 1. The lowest BCUT2D eigenvalue weighted by molar-refractivity contribution is -0.148. The van der Waals surface area contributed by atoms with Gasteiger partial charge < -0.3 is 10.2 Å². The summed E-state index contributed by atoms with van der Waals surface area (Å²) in [5.41, 5.74) is 0.900. The van der Waals surface area contributed by atoms with Gasteiger partial charge in [-0.1, -0.05) is 32.1 Å². The molecule has 3 aliphatic rings. The van der Waals surface area contributed by atoms with Gasteiger partial charge in [0.25, 0.3) is 0 Å². The Balaban J connectivity index is 1.42. The van der Waals surface area contributed by atoms with Crippen LogP contribution >= 0.6 is 0 Å². The zero-order valence-corrected chi connectivity index (χ0v) is 18.4. The number of nitrogens with zero attached hydrogens (tertiary/aromatic N) is 3. The molecule has 3 heterocycles. The van der Waals surface area contributed by atoms with Gasteiger partial charge in [-0.05, 0) is 49.7 Å². The van der Waals surface area contributed by atoms with Gasteiger partial charge in [-0.15, -0.1) is 0 Å². The number of hydrogen-bond donors (Lipinski definition) is 1. The van der Waals surface area contributed by atoms with Crippen molar-refractivity contribution in [3.63, 3.8) is 0 Å². The molecule has 0 aromatic carbocycles. The second kappa shape index (κ2) is 9.20. The summed E-state index contributed by atoms with van der Waals surface area (Å²) in [7, 11) is 0. The molecule has 7 heteroatoms. The first-order valence-corrected chi connectivity index (χ1v) is 11.4. The minimum atomic E-state index is -0.762. The molecule has 7 nitrogen and oxygen atoms in total. The molecule has 2 fully saturated rings. The van der Waals surface area contributed by atoms with Crippen LogP contribution in [0.25, 0.3) is 0 Å². The van der Waals surface area contributed by atoms with Gasteiger partial charge in [0.15, 0.2) is 0 Å². The van der Waals surface area contributed by atoms with Crippen molar-refractivity contribution >= 4 is 23.5 Å². The summed E-state index contributed by atoms with van der Waals surface area (Å²) in [5.74, 6) is -0.156. The number of rotatable bonds is 7. The molecule has 4 rings (SSSR count). The van der Waals surface area contributed by atoms with Crippen LogP contribution in [0.5, 0.6) is 0 Å². The van der Waals surface area contributed by atoms with Gasteiger partial charge in [-0.2, -0.15) is 0 Å². The van der Waals surface area contributed by atoms with E-state index in [0.717, 1.165) is 24.5 Å². The molecule has 1 aliphatic carbocycles. The lowest BCUT2D eigenvalue weighted by atomic mass is 9.85. The average Bonchev–Trinajstić information content (AvgIpc) is 3.39. The summed E-state index contributed by atoms with van der Waals surface area (Å²) in [4.78, 5) is 47.1. The lowest BCUT2D eigenvalue weighted by Gasteiger charge is -2.27. The van der Waals surface area contributed by atoms with E-state index < -0.39 is 6.04 Å². The van der Waals surface area contributed by atoms with E-state index in [-0.39, 0.29) is 35.5 Å². The fraction of sp³-hybridized carbons (Fsp3) is 0.583. The minimum absolute atomic E-state index is 0.179. The fourth-order valence-electron chi connectivity index (χ4n) is 4.87. The van der Waals surface area contributed by atoms with Crippen molar-refractivity contribution in [3.05, 3.63) is 36.0 Å². The van der Waals surface area contributed by atoms with Crippen LogP contribution in [0.1, 0.15) is 51.5 Å². The number of likely N-dealkylation sites (tertiary alicyclic amines) is 1. The number of allylic oxidation sites excluding steroid dienone is 2. The van der Waals surface area contributed by atoms with E-state index in [4.69, 9.17) is 0 Å². The van der Waals surface area contributed by atoms with Gasteiger partial charge in [0.2, 0.25) is 17.7 Å². The van der Waals surface area contributed by atoms with Crippen molar-refractivity contribution < 1.29 is 14.4 Å². The molecule has 31 heavy (non-hydrogen) atoms. The fourth-order valence-corrected chi connectivity index (χ4v) is 4.87. The molecule has 0 saturated carbocycles. The Hall–Kier alpha value is -2.70. The van der Waals surface area contributed by atoms with Crippen molar-refractivity contribution in [3.8, 4) is 0 Å². The van der Waals surface area contributed by atoms with Crippen molar-refractivity contribution in [1.29, 1.82) is 0 Å². The number of carbonyl (C=O) groups is 3. The van der Waals surface area contributed by atoms with Gasteiger partial charge in [-0.3, -0.25) is 19.3 Å². The van der Waals surface area contributed by atoms with E-state index in [9.17, 15) is 14.4 Å². The second-order valence-corrected chi connectivity index (χ2v) is 9.28. The molecular weight excluding hydrogens is 392 g/mol. The summed E-state index contributed by atoms with van der Waals surface area (Å²) >= 11 is 0. The maximum Gasteiger partial charge on any atom is 0.243 e. The molecule has 0 radical (unpaired) electrons. The molecule has 0 spiro atoms. The van der Waals surface area contributed by atoms with E-state index in [0.29, 0.717) is 25.8 Å². The van der Waals surface area contributed by atoms with Crippen LogP contribution in [0.3, 0.4) is 0 Å². The van der Waals surface area contributed by atoms with E-state index in [1.54, 1.807) is 6.20 Å². The number of imide groups is 1. The van der Waals surface area contributed by atoms with Crippen LogP contribution in [-0.2, 0) is 20.9 Å². The number of aromatic nitrogens is 1. The third kappa shape index (κ3) is 4.50. The predicted molar refractivity (Wildman–Crippen MR) is 118 cm³/mol. The van der Waals surface area contributed by atoms with Crippen LogP contribution in [0, 0.1) is 17.8 Å². The SMILES string of the molecule is CC(C)CC(C(=O)NCc1ccc(N2CCCC2)nc1)N1C(=O)C2CC=CCC2C1=O. The summed E-state index contributed by atoms with van der Waals surface area (Å²) in [6, 6.07) is 3.21. The van der Waals surface area contributed by atoms with Crippen LogP contribution in [0.15, 0.2) is 30.5 Å². The third-order valence-corrected chi connectivity index (χ3v) is 6.56. The zero-order chi connectivity index (χ0) is 22.0. The maximum atomic E-state index is 13.1. The van der Waals surface area contributed by atoms with Gasteiger partial charge in [0.1, 0.15) is 11.9 Å². The van der Waals surface area contributed by atoms with E-state index in [1.165, 1.54) is 17.7 Å². The van der Waals surface area contributed by atoms with Crippen LogP contribution in [0.2, 0.25) is 0 Å². The predicted octanol–water partition coefficient (Wildman–Crippen LogP) is 2.66. The highest BCUT2D eigenvalue weighted by Gasteiger charge is 2.51. The molecule has 2 saturated heterocycles. The first-order valence-electron chi connectivity index (χ1n) is 11.4. The maximum absolute atomic E-state index is 13.1. The minimum Gasteiger partial charge on any atom is -0.357 e. The smallest absolute Gasteiger partial charge is 0.243 e. The molecule has 166 valence electrons. The molecule has 2 aliphatic heterocycles. The highest BCUT2D eigenvalue weighted by Crippen LogP contribution is 2.37. The Morgan fingerprint density at radius 1 is 1.10 bits per heavy atom. The summed E-state index contributed by atoms with van der Waals surface area (Å²) < 4.78 is 0. The van der Waals surface area contributed by atoms with E-state index >= 15 is 0 Å². The number of fused-ring (bicyclic) bond motifs is 1. The van der Waals surface area contributed by atoms with E-state index in [2.05, 4.69) is 15.2 Å². The van der Waals surface area contributed by atoms with Gasteiger partial charge in [-0.25, -0.2) is 4.98 Å². The van der Waals surface area contributed by atoms with E-state index in [1.807, 2.05) is 38.1 Å². The average molecular weight is 425 g/mol. The van der Waals surface area contributed by atoms with Crippen molar-refractivity contribution in [1.82, 2.24) is 15.2 Å². The summed E-state index contributed by atoms with van der Waals surface area (Å²) in [5, 5.41) is 2.94. The summed E-state index contributed by atoms with van der Waals surface area (Å²) in [6.07, 6.45) is 9.73. The molecule has 0 bridgehead atoms. The van der Waals surface area contributed by atoms with Gasteiger partial charge in [0, 0.05) is 25.8 Å². The van der Waals surface area contributed by atoms with Gasteiger partial charge >= 0.3 is 0 Å². The molecule has 3 amide bonds. The quantitative estimate of drug-likeness (QED) is 0.538. The number of hydrogen-bond acceptors (Lipinski definition) is 5. The summed E-state index contributed by atoms with van der Waals surface area (Å²) in [6.45, 7) is 6.40.